The highest BCUT2D eigenvalue weighted by molar-refractivity contribution is 5.72. The first-order valence-electron chi connectivity index (χ1n) is 8.09. The van der Waals surface area contributed by atoms with Crippen molar-refractivity contribution in [3.8, 4) is 11.5 Å². The van der Waals surface area contributed by atoms with Gasteiger partial charge in [-0.25, -0.2) is 4.39 Å². The Morgan fingerprint density at radius 1 is 1.19 bits per heavy atom. The van der Waals surface area contributed by atoms with Gasteiger partial charge >= 0.3 is 12.1 Å². The molecule has 146 valence electrons. The predicted molar refractivity (Wildman–Crippen MR) is 88.8 cm³/mol. The largest absolute Gasteiger partial charge is 0.488 e. The zero-order valence-corrected chi connectivity index (χ0v) is 14.7. The van der Waals surface area contributed by atoms with E-state index in [1.807, 2.05) is 0 Å². The molecule has 2 aromatic carbocycles. The molecule has 0 radical (unpaired) electrons. The maximum Gasteiger partial charge on any atom is 0.419 e. The van der Waals surface area contributed by atoms with Crippen molar-refractivity contribution in [2.45, 2.75) is 39.7 Å². The minimum absolute atomic E-state index is 0.0644. The number of alkyl halides is 3. The monoisotopic (exact) mass is 386 g/mol. The van der Waals surface area contributed by atoms with Crippen LogP contribution < -0.4 is 9.47 Å². The predicted octanol–water partition coefficient (Wildman–Crippen LogP) is 4.54. The Bertz CT molecular complexity index is 831. The number of aliphatic hydroxyl groups excluding tert-OH is 1. The third kappa shape index (κ3) is 4.97. The molecule has 0 atom stereocenters. The molecule has 8 heteroatoms. The van der Waals surface area contributed by atoms with E-state index in [1.165, 1.54) is 25.1 Å². The van der Waals surface area contributed by atoms with Crippen LogP contribution in [0.2, 0.25) is 0 Å². The summed E-state index contributed by atoms with van der Waals surface area (Å²) in [7, 11) is 0. The van der Waals surface area contributed by atoms with Crippen LogP contribution in [-0.2, 0) is 24.2 Å². The SMILES string of the molecule is CCC(=O)Oc1cccc(CO)c1COc1cc(F)c(C)cc1C(F)(F)F. The molecule has 0 spiro atoms. The van der Waals surface area contributed by atoms with Gasteiger partial charge < -0.3 is 14.6 Å². The topological polar surface area (TPSA) is 55.8 Å². The summed E-state index contributed by atoms with van der Waals surface area (Å²) in [5, 5.41) is 9.46. The van der Waals surface area contributed by atoms with Gasteiger partial charge in [0.05, 0.1) is 12.2 Å². The zero-order valence-electron chi connectivity index (χ0n) is 14.7. The van der Waals surface area contributed by atoms with Crippen LogP contribution in [0.4, 0.5) is 17.6 Å². The first kappa shape index (κ1) is 20.7. The Morgan fingerprint density at radius 3 is 2.48 bits per heavy atom. The van der Waals surface area contributed by atoms with Gasteiger partial charge in [-0.2, -0.15) is 13.2 Å². The van der Waals surface area contributed by atoms with Crippen molar-refractivity contribution >= 4 is 5.97 Å². The Hall–Kier alpha value is -2.61. The molecule has 1 N–H and O–H groups in total. The zero-order chi connectivity index (χ0) is 20.2. The highest BCUT2D eigenvalue weighted by atomic mass is 19.4. The third-order valence-corrected chi connectivity index (χ3v) is 3.85. The second-order valence-corrected chi connectivity index (χ2v) is 5.76. The van der Waals surface area contributed by atoms with Gasteiger partial charge in [0.15, 0.2) is 0 Å². The quantitative estimate of drug-likeness (QED) is 0.450. The van der Waals surface area contributed by atoms with Gasteiger partial charge in [-0.15, -0.1) is 0 Å². The van der Waals surface area contributed by atoms with Gasteiger partial charge in [0.2, 0.25) is 0 Å². The van der Waals surface area contributed by atoms with Gasteiger partial charge in [-0.05, 0) is 30.2 Å². The second-order valence-electron chi connectivity index (χ2n) is 5.76. The number of carbonyl (C=O) groups excluding carboxylic acids is 1. The van der Waals surface area contributed by atoms with Crippen LogP contribution in [0.1, 0.15) is 35.6 Å². The lowest BCUT2D eigenvalue weighted by Gasteiger charge is -2.18. The molecule has 0 amide bonds. The number of benzene rings is 2. The fourth-order valence-corrected chi connectivity index (χ4v) is 2.37. The Balaban J connectivity index is 2.39. The van der Waals surface area contributed by atoms with E-state index in [0.717, 1.165) is 0 Å². The van der Waals surface area contributed by atoms with E-state index in [0.29, 0.717) is 17.7 Å². The smallest absolute Gasteiger partial charge is 0.419 e. The molecule has 4 nitrogen and oxygen atoms in total. The molecular formula is C19H18F4O4. The Kier molecular flexibility index (Phi) is 6.43. The van der Waals surface area contributed by atoms with Crippen LogP contribution in [0.3, 0.4) is 0 Å². The average Bonchev–Trinajstić information content (AvgIpc) is 2.61. The molecule has 0 saturated carbocycles. The molecule has 0 aliphatic heterocycles. The fourth-order valence-electron chi connectivity index (χ4n) is 2.37. The lowest BCUT2D eigenvalue weighted by molar-refractivity contribution is -0.139. The number of aryl methyl sites for hydroxylation is 1. The molecule has 0 saturated heterocycles. The number of hydrogen-bond acceptors (Lipinski definition) is 4. The summed E-state index contributed by atoms with van der Waals surface area (Å²) >= 11 is 0. The number of esters is 1. The van der Waals surface area contributed by atoms with E-state index in [9.17, 15) is 27.5 Å². The lowest BCUT2D eigenvalue weighted by Crippen LogP contribution is -2.13. The summed E-state index contributed by atoms with van der Waals surface area (Å²) in [6, 6.07) is 5.81. The standard InChI is InChI=1S/C19H18F4O4/c1-3-18(25)27-16-6-4-5-12(9-24)13(16)10-26-17-8-15(20)11(2)7-14(17)19(21,22)23/h4-8,24H,3,9-10H2,1-2H3. The Morgan fingerprint density at radius 2 is 1.89 bits per heavy atom. The molecule has 27 heavy (non-hydrogen) atoms. The highest BCUT2D eigenvalue weighted by Crippen LogP contribution is 2.38. The van der Waals surface area contributed by atoms with E-state index in [-0.39, 0.29) is 23.3 Å². The van der Waals surface area contributed by atoms with Crippen LogP contribution in [-0.4, -0.2) is 11.1 Å². The summed E-state index contributed by atoms with van der Waals surface area (Å²) in [6.45, 7) is 1.91. The van der Waals surface area contributed by atoms with Crippen LogP contribution in [0.25, 0.3) is 0 Å². The number of aliphatic hydroxyl groups is 1. The number of rotatable bonds is 6. The fraction of sp³-hybridized carbons (Fsp3) is 0.316. The van der Waals surface area contributed by atoms with Crippen LogP contribution >= 0.6 is 0 Å². The number of ether oxygens (including phenoxy) is 2. The maximum atomic E-state index is 13.8. The average molecular weight is 386 g/mol. The molecule has 0 aromatic heterocycles. The van der Waals surface area contributed by atoms with Crippen LogP contribution in [0, 0.1) is 12.7 Å². The normalized spacial score (nSPS) is 11.4. The molecule has 0 aliphatic carbocycles. The van der Waals surface area contributed by atoms with Crippen molar-refractivity contribution in [1.29, 1.82) is 0 Å². The van der Waals surface area contributed by atoms with Crippen molar-refractivity contribution < 1.29 is 36.9 Å². The van der Waals surface area contributed by atoms with Gasteiger partial charge in [0.25, 0.3) is 0 Å². The van der Waals surface area contributed by atoms with Gasteiger partial charge in [-0.3, -0.25) is 4.79 Å². The second kappa shape index (κ2) is 8.39. The van der Waals surface area contributed by atoms with Crippen molar-refractivity contribution in [2.75, 3.05) is 0 Å². The van der Waals surface area contributed by atoms with Crippen molar-refractivity contribution in [1.82, 2.24) is 0 Å². The Labute approximate surface area is 153 Å². The van der Waals surface area contributed by atoms with Crippen LogP contribution in [0.15, 0.2) is 30.3 Å². The molecule has 0 fully saturated rings. The first-order valence-corrected chi connectivity index (χ1v) is 8.09. The van der Waals surface area contributed by atoms with Crippen molar-refractivity contribution in [2.24, 2.45) is 0 Å². The minimum Gasteiger partial charge on any atom is -0.488 e. The summed E-state index contributed by atoms with van der Waals surface area (Å²) in [4.78, 5) is 11.6. The molecular weight excluding hydrogens is 368 g/mol. The summed E-state index contributed by atoms with van der Waals surface area (Å²) < 4.78 is 63.8. The summed E-state index contributed by atoms with van der Waals surface area (Å²) in [6.07, 6.45) is -4.65. The van der Waals surface area contributed by atoms with E-state index in [4.69, 9.17) is 9.47 Å². The maximum absolute atomic E-state index is 13.8. The van der Waals surface area contributed by atoms with Crippen LogP contribution in [0.5, 0.6) is 11.5 Å². The molecule has 0 heterocycles. The first-order chi connectivity index (χ1) is 12.7. The van der Waals surface area contributed by atoms with E-state index in [1.54, 1.807) is 6.92 Å². The molecule has 0 aliphatic rings. The van der Waals surface area contributed by atoms with E-state index < -0.39 is 42.5 Å². The van der Waals surface area contributed by atoms with Crippen molar-refractivity contribution in [3.63, 3.8) is 0 Å². The van der Waals surface area contributed by atoms with Gasteiger partial charge in [0.1, 0.15) is 23.9 Å². The van der Waals surface area contributed by atoms with E-state index in [2.05, 4.69) is 0 Å². The molecule has 2 aromatic rings. The molecule has 0 bridgehead atoms. The number of halogens is 4. The summed E-state index contributed by atoms with van der Waals surface area (Å²) in [5.41, 5.74) is -0.758. The molecule has 2 rings (SSSR count). The minimum atomic E-state index is -4.73. The molecule has 0 unspecified atom stereocenters. The third-order valence-electron chi connectivity index (χ3n) is 3.85. The number of carbonyl (C=O) groups is 1. The van der Waals surface area contributed by atoms with Gasteiger partial charge in [0, 0.05) is 18.1 Å². The van der Waals surface area contributed by atoms with Gasteiger partial charge in [-0.1, -0.05) is 19.1 Å². The summed E-state index contributed by atoms with van der Waals surface area (Å²) in [5.74, 6) is -2.02. The number of hydrogen-bond donors (Lipinski definition) is 1. The van der Waals surface area contributed by atoms with E-state index >= 15 is 0 Å². The highest BCUT2D eigenvalue weighted by Gasteiger charge is 2.35. The lowest BCUT2D eigenvalue weighted by atomic mass is 10.1. The van der Waals surface area contributed by atoms with Crippen molar-refractivity contribution in [3.05, 3.63) is 58.4 Å².